The Morgan fingerprint density at radius 2 is 1.92 bits per heavy atom. The lowest BCUT2D eigenvalue weighted by Crippen LogP contribution is -2.38. The summed E-state index contributed by atoms with van der Waals surface area (Å²) in [7, 11) is 0. The number of rotatable bonds is 6. The second kappa shape index (κ2) is 7.72. The Morgan fingerprint density at radius 1 is 1.16 bits per heavy atom. The molecule has 1 aliphatic rings. The molecule has 1 aromatic carbocycles. The number of benzene rings is 1. The van der Waals surface area contributed by atoms with Crippen molar-refractivity contribution >= 4 is 0 Å². The average molecular weight is 349 g/mol. The molecule has 4 atom stereocenters. The fourth-order valence-electron chi connectivity index (χ4n) is 2.60. The summed E-state index contributed by atoms with van der Waals surface area (Å²) in [5.41, 5.74) is 2.48. The van der Waals surface area contributed by atoms with E-state index in [2.05, 4.69) is 10.5 Å². The van der Waals surface area contributed by atoms with Crippen LogP contribution >= 0.6 is 0 Å². The van der Waals surface area contributed by atoms with Crippen LogP contribution in [0.4, 0.5) is 0 Å². The van der Waals surface area contributed by atoms with E-state index in [1.54, 1.807) is 0 Å². The maximum atomic E-state index is 11.8. The minimum absolute atomic E-state index is 0.0281. The average Bonchev–Trinajstić information content (AvgIpc) is 2.88. The number of aliphatic hydroxyl groups is 2. The van der Waals surface area contributed by atoms with Crippen LogP contribution in [0.3, 0.4) is 0 Å². The molecule has 1 fully saturated rings. The molecule has 1 aliphatic heterocycles. The summed E-state index contributed by atoms with van der Waals surface area (Å²) >= 11 is 0. The summed E-state index contributed by atoms with van der Waals surface area (Å²) in [6.45, 7) is 0.439. The molecule has 3 rings (SSSR count). The predicted molar refractivity (Wildman–Crippen MR) is 86.5 cm³/mol. The highest BCUT2D eigenvalue weighted by Gasteiger charge is 2.44. The molecule has 0 unspecified atom stereocenters. The maximum absolute atomic E-state index is 11.8. The monoisotopic (exact) mass is 349 g/mol. The molecule has 0 saturated carbocycles. The van der Waals surface area contributed by atoms with Gasteiger partial charge in [0.05, 0.1) is 6.61 Å². The first-order chi connectivity index (χ1) is 12.1. The van der Waals surface area contributed by atoms with Gasteiger partial charge in [0, 0.05) is 18.8 Å². The molecule has 1 saturated heterocycles. The molecule has 0 bridgehead atoms. The third kappa shape index (κ3) is 4.03. The smallest absolute Gasteiger partial charge is 0.330 e. The highest BCUT2D eigenvalue weighted by molar-refractivity contribution is 5.13. The van der Waals surface area contributed by atoms with E-state index in [9.17, 15) is 19.8 Å². The fraction of sp³-hybridized carbons (Fsp3) is 0.375. The number of nitrogens with one attached hydrogen (secondary N) is 2. The molecule has 2 aromatic rings. The largest absolute Gasteiger partial charge is 0.387 e. The van der Waals surface area contributed by atoms with E-state index in [1.807, 2.05) is 30.3 Å². The van der Waals surface area contributed by atoms with Crippen LogP contribution in [0.25, 0.3) is 0 Å². The number of aromatic amines is 1. The van der Waals surface area contributed by atoms with E-state index in [0.29, 0.717) is 6.54 Å². The van der Waals surface area contributed by atoms with Crippen LogP contribution in [0.1, 0.15) is 11.8 Å². The maximum Gasteiger partial charge on any atom is 0.330 e. The normalized spacial score (nSPS) is 26.0. The topological polar surface area (TPSA) is 126 Å². The van der Waals surface area contributed by atoms with Crippen LogP contribution < -0.4 is 16.7 Å². The van der Waals surface area contributed by atoms with Crippen molar-refractivity contribution in [3.8, 4) is 0 Å². The van der Waals surface area contributed by atoms with Crippen molar-refractivity contribution in [2.24, 2.45) is 0 Å². The number of H-pyrrole nitrogens is 1. The summed E-state index contributed by atoms with van der Waals surface area (Å²) in [5.74, 6) is 0. The van der Waals surface area contributed by atoms with E-state index in [4.69, 9.17) is 9.57 Å². The van der Waals surface area contributed by atoms with Crippen molar-refractivity contribution < 1.29 is 19.8 Å². The molecule has 0 amide bonds. The van der Waals surface area contributed by atoms with E-state index >= 15 is 0 Å². The molecule has 0 aliphatic carbocycles. The van der Waals surface area contributed by atoms with E-state index < -0.39 is 35.8 Å². The van der Waals surface area contributed by atoms with Crippen molar-refractivity contribution in [1.82, 2.24) is 15.0 Å². The summed E-state index contributed by atoms with van der Waals surface area (Å²) in [6.07, 6.45) is -3.29. The number of ether oxygens (including phenoxy) is 1. The molecule has 2 heterocycles. The molecular formula is C16H19N3O6. The lowest BCUT2D eigenvalue weighted by molar-refractivity contribution is -0.0892. The summed E-state index contributed by atoms with van der Waals surface area (Å²) in [5, 5.41) is 20.2. The first kappa shape index (κ1) is 17.5. The summed E-state index contributed by atoms with van der Waals surface area (Å²) in [6, 6.07) is 10.7. The number of hydroxylamine groups is 1. The van der Waals surface area contributed by atoms with Crippen molar-refractivity contribution in [2.75, 3.05) is 6.61 Å². The molecule has 134 valence electrons. The summed E-state index contributed by atoms with van der Waals surface area (Å²) in [4.78, 5) is 30.3. The van der Waals surface area contributed by atoms with Gasteiger partial charge in [-0.15, -0.1) is 0 Å². The van der Waals surface area contributed by atoms with Gasteiger partial charge in [-0.25, -0.2) is 4.79 Å². The first-order valence-electron chi connectivity index (χ1n) is 7.78. The van der Waals surface area contributed by atoms with Crippen molar-refractivity contribution in [2.45, 2.75) is 31.1 Å². The highest BCUT2D eigenvalue weighted by atomic mass is 16.7. The van der Waals surface area contributed by atoms with Crippen LogP contribution in [0.5, 0.6) is 0 Å². The number of hydrogen-bond donors (Lipinski definition) is 4. The number of aliphatic hydroxyl groups excluding tert-OH is 2. The zero-order chi connectivity index (χ0) is 17.8. The summed E-state index contributed by atoms with van der Waals surface area (Å²) < 4.78 is 6.54. The highest BCUT2D eigenvalue weighted by Crippen LogP contribution is 2.28. The number of aromatic nitrogens is 2. The molecule has 9 nitrogen and oxygen atoms in total. The van der Waals surface area contributed by atoms with Crippen LogP contribution in [-0.4, -0.2) is 44.7 Å². The third-order valence-electron chi connectivity index (χ3n) is 3.93. The zero-order valence-corrected chi connectivity index (χ0v) is 13.2. The second-order valence-corrected chi connectivity index (χ2v) is 5.68. The second-order valence-electron chi connectivity index (χ2n) is 5.68. The first-order valence-corrected chi connectivity index (χ1v) is 7.78. The quantitative estimate of drug-likeness (QED) is 0.384. The Hall–Kier alpha value is -2.30. The van der Waals surface area contributed by atoms with Crippen LogP contribution in [0.2, 0.25) is 0 Å². The van der Waals surface area contributed by atoms with Gasteiger partial charge in [0.15, 0.2) is 6.23 Å². The van der Waals surface area contributed by atoms with Crippen LogP contribution in [0.15, 0.2) is 52.2 Å². The van der Waals surface area contributed by atoms with Crippen LogP contribution in [0, 0.1) is 0 Å². The van der Waals surface area contributed by atoms with Gasteiger partial charge in [-0.2, -0.15) is 5.48 Å². The molecule has 9 heteroatoms. The molecule has 4 N–H and O–H groups in total. The van der Waals surface area contributed by atoms with Gasteiger partial charge in [0.2, 0.25) is 0 Å². The van der Waals surface area contributed by atoms with Gasteiger partial charge in [-0.1, -0.05) is 30.3 Å². The lowest BCUT2D eigenvalue weighted by Gasteiger charge is -2.16. The van der Waals surface area contributed by atoms with E-state index in [0.717, 1.165) is 16.2 Å². The van der Waals surface area contributed by atoms with E-state index in [-0.39, 0.29) is 6.61 Å². The van der Waals surface area contributed by atoms with Crippen molar-refractivity contribution in [1.29, 1.82) is 0 Å². The van der Waals surface area contributed by atoms with Gasteiger partial charge in [0.1, 0.15) is 18.3 Å². The minimum atomic E-state index is -1.33. The Balaban J connectivity index is 1.56. The van der Waals surface area contributed by atoms with Gasteiger partial charge in [-0.3, -0.25) is 19.2 Å². The molecule has 25 heavy (non-hydrogen) atoms. The Kier molecular flexibility index (Phi) is 5.41. The van der Waals surface area contributed by atoms with Crippen molar-refractivity contribution in [3.63, 3.8) is 0 Å². The molecular weight excluding hydrogens is 330 g/mol. The minimum Gasteiger partial charge on any atom is -0.387 e. The van der Waals surface area contributed by atoms with Crippen molar-refractivity contribution in [3.05, 3.63) is 69.0 Å². The SMILES string of the molecule is O=c1ccn([C@@H]2O[C@H](CONCc3ccccc3)[C@@H](O)[C@H]2O)c(=O)[nH]1. The Morgan fingerprint density at radius 3 is 2.64 bits per heavy atom. The standard InChI is InChI=1S/C16H19N3O6/c20-12-6-7-19(16(23)18-12)15-14(22)13(21)11(25-15)9-24-17-8-10-4-2-1-3-5-10/h1-7,11,13-15,17,21-22H,8-9H2,(H,18,20,23)/t11-,13-,14-,15-/m1/s1. The molecule has 0 spiro atoms. The zero-order valence-electron chi connectivity index (χ0n) is 13.2. The van der Waals surface area contributed by atoms with Gasteiger partial charge >= 0.3 is 5.69 Å². The van der Waals surface area contributed by atoms with Gasteiger partial charge in [-0.05, 0) is 5.56 Å². The van der Waals surface area contributed by atoms with Crippen LogP contribution in [-0.2, 0) is 16.1 Å². The third-order valence-corrected chi connectivity index (χ3v) is 3.93. The van der Waals surface area contributed by atoms with Gasteiger partial charge in [0.25, 0.3) is 5.56 Å². The lowest BCUT2D eigenvalue weighted by atomic mass is 10.1. The Bertz CT molecular complexity index is 805. The molecule has 1 aromatic heterocycles. The van der Waals surface area contributed by atoms with Gasteiger partial charge < -0.3 is 14.9 Å². The number of nitrogens with zero attached hydrogens (tertiary/aromatic N) is 1. The fourth-order valence-corrected chi connectivity index (χ4v) is 2.60. The Labute approximate surface area is 142 Å². The number of hydrogen-bond acceptors (Lipinski definition) is 7. The molecule has 0 radical (unpaired) electrons. The van der Waals surface area contributed by atoms with E-state index in [1.165, 1.54) is 6.20 Å². The predicted octanol–water partition coefficient (Wildman–Crippen LogP) is -1.12.